The smallest absolute Gasteiger partial charge is 0.302 e. The molecule has 1 heterocycles. The van der Waals surface area contributed by atoms with Crippen LogP contribution in [0, 0.1) is 11.8 Å². The van der Waals surface area contributed by atoms with Crippen molar-refractivity contribution in [3.63, 3.8) is 0 Å². The second-order valence-corrected chi connectivity index (χ2v) is 6.30. The molecule has 4 heteroatoms. The summed E-state index contributed by atoms with van der Waals surface area (Å²) in [6.45, 7) is 5.79. The first-order valence-corrected chi connectivity index (χ1v) is 7.48. The molecule has 0 radical (unpaired) electrons. The molecule has 21 heavy (non-hydrogen) atoms. The summed E-state index contributed by atoms with van der Waals surface area (Å²) >= 11 is 0. The Kier molecular flexibility index (Phi) is 4.88. The lowest BCUT2D eigenvalue weighted by atomic mass is 9.73. The predicted molar refractivity (Wildman–Crippen MR) is 79.6 cm³/mol. The topological polar surface area (TPSA) is 59.7 Å². The third kappa shape index (κ3) is 4.21. The molecule has 0 spiro atoms. The van der Waals surface area contributed by atoms with E-state index in [1.54, 1.807) is 12.5 Å². The van der Waals surface area contributed by atoms with E-state index in [0.717, 1.165) is 18.4 Å². The molecule has 4 nitrogen and oxygen atoms in total. The highest BCUT2D eigenvalue weighted by atomic mass is 16.5. The molecule has 2 rings (SSSR count). The molecule has 0 aliphatic heterocycles. The molecule has 2 atom stereocenters. The van der Waals surface area contributed by atoms with Gasteiger partial charge in [-0.3, -0.25) is 4.79 Å². The van der Waals surface area contributed by atoms with Gasteiger partial charge in [0.2, 0.25) is 0 Å². The monoisotopic (exact) mass is 292 g/mol. The molecule has 1 aromatic heterocycles. The summed E-state index contributed by atoms with van der Waals surface area (Å²) in [5.74, 6) is 0.595. The normalized spacial score (nSPS) is 25.8. The van der Waals surface area contributed by atoms with Crippen molar-refractivity contribution >= 4 is 5.97 Å². The van der Waals surface area contributed by atoms with Crippen LogP contribution in [-0.4, -0.2) is 23.3 Å². The predicted octanol–water partition coefficient (Wildman–Crippen LogP) is 3.11. The highest BCUT2D eigenvalue weighted by Gasteiger charge is 2.35. The summed E-state index contributed by atoms with van der Waals surface area (Å²) in [5, 5.41) is 10.6. The fourth-order valence-electron chi connectivity index (χ4n) is 3.03. The first-order chi connectivity index (χ1) is 9.89. The zero-order chi connectivity index (χ0) is 15.5. The van der Waals surface area contributed by atoms with Gasteiger partial charge >= 0.3 is 5.97 Å². The van der Waals surface area contributed by atoms with E-state index in [1.807, 2.05) is 12.1 Å². The number of carbonyl (C=O) groups is 1. The third-order valence-corrected chi connectivity index (χ3v) is 4.14. The molecule has 0 saturated heterocycles. The summed E-state index contributed by atoms with van der Waals surface area (Å²) in [6, 6.07) is 1.94. The van der Waals surface area contributed by atoms with E-state index >= 15 is 0 Å². The van der Waals surface area contributed by atoms with Crippen molar-refractivity contribution in [3.8, 4) is 0 Å². The van der Waals surface area contributed by atoms with Crippen molar-refractivity contribution in [2.24, 2.45) is 11.8 Å². The molecule has 1 aromatic rings. The van der Waals surface area contributed by atoms with Gasteiger partial charge in [-0.05, 0) is 48.8 Å². The Morgan fingerprint density at radius 2 is 2.33 bits per heavy atom. The number of rotatable bonds is 5. The van der Waals surface area contributed by atoms with Gasteiger partial charge in [-0.2, -0.15) is 0 Å². The molecular formula is C17H24O4. The van der Waals surface area contributed by atoms with Crippen LogP contribution in [-0.2, 0) is 16.0 Å². The van der Waals surface area contributed by atoms with Crippen LogP contribution in [0.3, 0.4) is 0 Å². The molecule has 0 saturated carbocycles. The maximum atomic E-state index is 11.0. The highest BCUT2D eigenvalue weighted by molar-refractivity contribution is 5.66. The first kappa shape index (κ1) is 15.8. The maximum absolute atomic E-state index is 11.0. The zero-order valence-electron chi connectivity index (χ0n) is 13.0. The molecule has 0 aromatic carbocycles. The van der Waals surface area contributed by atoms with Crippen molar-refractivity contribution in [3.05, 3.63) is 35.8 Å². The number of hydrogen-bond donors (Lipinski definition) is 1. The van der Waals surface area contributed by atoms with Gasteiger partial charge in [-0.15, -0.1) is 0 Å². The van der Waals surface area contributed by atoms with Crippen molar-refractivity contribution in [1.29, 1.82) is 0 Å². The van der Waals surface area contributed by atoms with E-state index in [4.69, 9.17) is 9.15 Å². The molecule has 1 aliphatic carbocycles. The Morgan fingerprint density at radius 1 is 1.57 bits per heavy atom. The quantitative estimate of drug-likeness (QED) is 0.669. The SMILES string of the molecule is CC(=O)OC[C@]1(O)C=C(Cc2ccoc2)[C@@H](C(C)C)CC1. The van der Waals surface area contributed by atoms with Gasteiger partial charge in [-0.1, -0.05) is 19.4 Å². The van der Waals surface area contributed by atoms with Crippen LogP contribution in [0.15, 0.2) is 34.7 Å². The van der Waals surface area contributed by atoms with Crippen LogP contribution in [0.25, 0.3) is 0 Å². The van der Waals surface area contributed by atoms with E-state index in [9.17, 15) is 9.90 Å². The minimum atomic E-state index is -1.05. The van der Waals surface area contributed by atoms with Gasteiger partial charge in [0, 0.05) is 6.92 Å². The Labute approximate surface area is 125 Å². The number of esters is 1. The number of carbonyl (C=O) groups excluding carboxylic acids is 1. The molecule has 1 N–H and O–H groups in total. The Balaban J connectivity index is 2.19. The Morgan fingerprint density at radius 3 is 2.90 bits per heavy atom. The Bertz CT molecular complexity index is 501. The van der Waals surface area contributed by atoms with E-state index in [1.165, 1.54) is 12.5 Å². The molecule has 1 aliphatic rings. The van der Waals surface area contributed by atoms with Gasteiger partial charge in [0.05, 0.1) is 12.5 Å². The average Bonchev–Trinajstić information content (AvgIpc) is 2.89. The van der Waals surface area contributed by atoms with Gasteiger partial charge in [0.1, 0.15) is 12.2 Å². The van der Waals surface area contributed by atoms with Gasteiger partial charge < -0.3 is 14.3 Å². The van der Waals surface area contributed by atoms with Gasteiger partial charge in [-0.25, -0.2) is 0 Å². The summed E-state index contributed by atoms with van der Waals surface area (Å²) in [7, 11) is 0. The van der Waals surface area contributed by atoms with Crippen LogP contribution in [0.5, 0.6) is 0 Å². The molecule has 0 amide bonds. The van der Waals surface area contributed by atoms with Crippen LogP contribution in [0.1, 0.15) is 39.2 Å². The number of allylic oxidation sites excluding steroid dienone is 1. The van der Waals surface area contributed by atoms with E-state index in [-0.39, 0.29) is 12.6 Å². The van der Waals surface area contributed by atoms with Gasteiger partial charge in [0.25, 0.3) is 0 Å². The zero-order valence-corrected chi connectivity index (χ0v) is 13.0. The van der Waals surface area contributed by atoms with Crippen molar-refractivity contribution in [2.75, 3.05) is 6.61 Å². The molecule has 0 unspecified atom stereocenters. The second-order valence-electron chi connectivity index (χ2n) is 6.30. The second kappa shape index (κ2) is 6.48. The summed E-state index contributed by atoms with van der Waals surface area (Å²) in [5.41, 5.74) is 1.26. The fourth-order valence-corrected chi connectivity index (χ4v) is 3.03. The number of ether oxygens (including phenoxy) is 1. The molecular weight excluding hydrogens is 268 g/mol. The number of furan rings is 1. The third-order valence-electron chi connectivity index (χ3n) is 4.14. The summed E-state index contributed by atoms with van der Waals surface area (Å²) in [4.78, 5) is 11.0. The lowest BCUT2D eigenvalue weighted by molar-refractivity contribution is -0.147. The van der Waals surface area contributed by atoms with Crippen LogP contribution < -0.4 is 0 Å². The number of hydrogen-bond acceptors (Lipinski definition) is 4. The van der Waals surface area contributed by atoms with Crippen molar-refractivity contribution < 1.29 is 19.1 Å². The van der Waals surface area contributed by atoms with E-state index in [2.05, 4.69) is 13.8 Å². The van der Waals surface area contributed by atoms with Crippen LogP contribution in [0.2, 0.25) is 0 Å². The van der Waals surface area contributed by atoms with Crippen LogP contribution >= 0.6 is 0 Å². The maximum Gasteiger partial charge on any atom is 0.302 e. The van der Waals surface area contributed by atoms with Crippen molar-refractivity contribution in [2.45, 2.75) is 45.6 Å². The summed E-state index contributed by atoms with van der Waals surface area (Å²) < 4.78 is 10.1. The first-order valence-electron chi connectivity index (χ1n) is 7.48. The fraction of sp³-hybridized carbons (Fsp3) is 0.588. The largest absolute Gasteiger partial charge is 0.472 e. The standard InChI is InChI=1S/C17H24O4/c1-12(2)16-4-6-17(19,11-21-13(3)18)9-15(16)8-14-5-7-20-10-14/h5,7,9-10,12,16,19H,4,6,8,11H2,1-3H3/t16-,17-/m1/s1. The van der Waals surface area contributed by atoms with Crippen molar-refractivity contribution in [1.82, 2.24) is 0 Å². The summed E-state index contributed by atoms with van der Waals surface area (Å²) in [6.07, 6.45) is 7.59. The minimum Gasteiger partial charge on any atom is -0.472 e. The number of aliphatic hydroxyl groups is 1. The van der Waals surface area contributed by atoms with E-state index < -0.39 is 5.60 Å². The lowest BCUT2D eigenvalue weighted by Crippen LogP contribution is -2.38. The van der Waals surface area contributed by atoms with E-state index in [0.29, 0.717) is 18.3 Å². The molecule has 116 valence electrons. The molecule has 0 fully saturated rings. The highest BCUT2D eigenvalue weighted by Crippen LogP contribution is 2.37. The van der Waals surface area contributed by atoms with Gasteiger partial charge in [0.15, 0.2) is 0 Å². The average molecular weight is 292 g/mol. The molecule has 0 bridgehead atoms. The Hall–Kier alpha value is -1.55. The lowest BCUT2D eigenvalue weighted by Gasteiger charge is -2.36. The minimum absolute atomic E-state index is 0.0298. The van der Waals surface area contributed by atoms with Crippen LogP contribution in [0.4, 0.5) is 0 Å².